The van der Waals surface area contributed by atoms with Crippen LogP contribution in [0.3, 0.4) is 0 Å². The Morgan fingerprint density at radius 2 is 2.10 bits per heavy atom. The predicted octanol–water partition coefficient (Wildman–Crippen LogP) is 2.35. The molecule has 1 unspecified atom stereocenters. The SMILES string of the molecule is CCNC(C)(COc1cc(C)ccc1C(C)C)C(N)=O. The average Bonchev–Trinajstić information content (AvgIpc) is 2.36. The second-order valence-electron chi connectivity index (χ2n) is 5.71. The number of rotatable bonds is 7. The minimum absolute atomic E-state index is 0.222. The second-order valence-corrected chi connectivity index (χ2v) is 5.71. The molecule has 1 rings (SSSR count). The van der Waals surface area contributed by atoms with Gasteiger partial charge >= 0.3 is 0 Å². The number of nitrogens with one attached hydrogen (secondary N) is 1. The molecular weight excluding hydrogens is 252 g/mol. The van der Waals surface area contributed by atoms with Crippen LogP contribution in [0, 0.1) is 6.92 Å². The van der Waals surface area contributed by atoms with E-state index >= 15 is 0 Å². The number of ether oxygens (including phenoxy) is 1. The van der Waals surface area contributed by atoms with Crippen LogP contribution in [0.25, 0.3) is 0 Å². The molecular formula is C16H26N2O2. The summed E-state index contributed by atoms with van der Waals surface area (Å²) in [5.41, 5.74) is 6.88. The third-order valence-corrected chi connectivity index (χ3v) is 3.42. The molecule has 0 saturated heterocycles. The van der Waals surface area contributed by atoms with E-state index in [-0.39, 0.29) is 6.61 Å². The molecule has 112 valence electrons. The zero-order valence-electron chi connectivity index (χ0n) is 13.1. The molecule has 0 saturated carbocycles. The van der Waals surface area contributed by atoms with E-state index in [1.54, 1.807) is 6.92 Å². The maximum absolute atomic E-state index is 11.6. The summed E-state index contributed by atoms with van der Waals surface area (Å²) in [6.07, 6.45) is 0. The molecule has 0 fully saturated rings. The van der Waals surface area contributed by atoms with Gasteiger partial charge in [-0.3, -0.25) is 4.79 Å². The number of primary amides is 1. The van der Waals surface area contributed by atoms with Crippen LogP contribution < -0.4 is 15.8 Å². The fourth-order valence-corrected chi connectivity index (χ4v) is 2.07. The van der Waals surface area contributed by atoms with E-state index in [1.807, 2.05) is 19.9 Å². The molecule has 0 aliphatic carbocycles. The van der Waals surface area contributed by atoms with Crippen molar-refractivity contribution in [3.8, 4) is 5.75 Å². The molecule has 0 spiro atoms. The first kappa shape index (κ1) is 16.5. The molecule has 1 amide bonds. The molecule has 0 radical (unpaired) electrons. The maximum atomic E-state index is 11.6. The minimum atomic E-state index is -0.854. The van der Waals surface area contributed by atoms with Crippen molar-refractivity contribution in [1.82, 2.24) is 5.32 Å². The first-order valence-electron chi connectivity index (χ1n) is 7.08. The summed E-state index contributed by atoms with van der Waals surface area (Å²) >= 11 is 0. The number of hydrogen-bond donors (Lipinski definition) is 2. The van der Waals surface area contributed by atoms with Crippen molar-refractivity contribution < 1.29 is 9.53 Å². The van der Waals surface area contributed by atoms with Gasteiger partial charge in [-0.25, -0.2) is 0 Å². The van der Waals surface area contributed by atoms with Crippen molar-refractivity contribution in [3.05, 3.63) is 29.3 Å². The predicted molar refractivity (Wildman–Crippen MR) is 82.0 cm³/mol. The van der Waals surface area contributed by atoms with E-state index in [9.17, 15) is 4.79 Å². The smallest absolute Gasteiger partial charge is 0.240 e. The molecule has 1 atom stereocenters. The summed E-state index contributed by atoms with van der Waals surface area (Å²) in [6, 6.07) is 6.15. The quantitative estimate of drug-likeness (QED) is 0.804. The van der Waals surface area contributed by atoms with Crippen molar-refractivity contribution in [2.75, 3.05) is 13.2 Å². The molecule has 1 aromatic rings. The van der Waals surface area contributed by atoms with Gasteiger partial charge in [-0.05, 0) is 43.5 Å². The first-order chi connectivity index (χ1) is 9.30. The van der Waals surface area contributed by atoms with Gasteiger partial charge in [0.25, 0.3) is 0 Å². The highest BCUT2D eigenvalue weighted by Gasteiger charge is 2.31. The van der Waals surface area contributed by atoms with E-state index in [1.165, 1.54) is 0 Å². The van der Waals surface area contributed by atoms with Gasteiger partial charge in [0.2, 0.25) is 5.91 Å². The Morgan fingerprint density at radius 3 is 2.60 bits per heavy atom. The van der Waals surface area contributed by atoms with Gasteiger partial charge in [0, 0.05) is 0 Å². The van der Waals surface area contributed by atoms with Gasteiger partial charge in [0.05, 0.1) is 0 Å². The lowest BCUT2D eigenvalue weighted by Gasteiger charge is -2.27. The molecule has 3 N–H and O–H groups in total. The lowest BCUT2D eigenvalue weighted by atomic mass is 10.00. The third-order valence-electron chi connectivity index (χ3n) is 3.42. The van der Waals surface area contributed by atoms with Crippen molar-refractivity contribution in [2.45, 2.75) is 46.1 Å². The number of likely N-dealkylation sites (N-methyl/N-ethyl adjacent to an activating group) is 1. The van der Waals surface area contributed by atoms with Gasteiger partial charge in [0.1, 0.15) is 17.9 Å². The van der Waals surface area contributed by atoms with Crippen LogP contribution in [0.15, 0.2) is 18.2 Å². The normalized spacial score (nSPS) is 14.1. The Morgan fingerprint density at radius 1 is 1.45 bits per heavy atom. The zero-order valence-corrected chi connectivity index (χ0v) is 13.1. The Kier molecular flexibility index (Phi) is 5.57. The third kappa shape index (κ3) is 3.97. The summed E-state index contributed by atoms with van der Waals surface area (Å²) in [5, 5.41) is 3.09. The largest absolute Gasteiger partial charge is 0.491 e. The number of aryl methyl sites for hydroxylation is 1. The Hall–Kier alpha value is -1.55. The van der Waals surface area contributed by atoms with E-state index in [0.29, 0.717) is 12.5 Å². The van der Waals surface area contributed by atoms with Gasteiger partial charge in [-0.1, -0.05) is 32.9 Å². The van der Waals surface area contributed by atoms with E-state index in [4.69, 9.17) is 10.5 Å². The highest BCUT2D eigenvalue weighted by molar-refractivity contribution is 5.84. The van der Waals surface area contributed by atoms with Crippen LogP contribution in [0.2, 0.25) is 0 Å². The number of amides is 1. The number of nitrogens with two attached hydrogens (primary N) is 1. The van der Waals surface area contributed by atoms with Gasteiger partial charge < -0.3 is 15.8 Å². The van der Waals surface area contributed by atoms with Gasteiger partial charge in [-0.15, -0.1) is 0 Å². The second kappa shape index (κ2) is 6.75. The van der Waals surface area contributed by atoms with Crippen LogP contribution in [-0.2, 0) is 4.79 Å². The minimum Gasteiger partial charge on any atom is -0.491 e. The first-order valence-corrected chi connectivity index (χ1v) is 7.08. The topological polar surface area (TPSA) is 64.3 Å². The van der Waals surface area contributed by atoms with Crippen LogP contribution in [0.4, 0.5) is 0 Å². The summed E-state index contributed by atoms with van der Waals surface area (Å²) in [6.45, 7) is 10.9. The van der Waals surface area contributed by atoms with Crippen molar-refractivity contribution >= 4 is 5.91 Å². The van der Waals surface area contributed by atoms with Gasteiger partial charge in [-0.2, -0.15) is 0 Å². The highest BCUT2D eigenvalue weighted by Crippen LogP contribution is 2.28. The van der Waals surface area contributed by atoms with Gasteiger partial charge in [0.15, 0.2) is 0 Å². The molecule has 0 bridgehead atoms. The molecule has 4 nitrogen and oxygen atoms in total. The summed E-state index contributed by atoms with van der Waals surface area (Å²) in [4.78, 5) is 11.6. The van der Waals surface area contributed by atoms with E-state index in [0.717, 1.165) is 16.9 Å². The lowest BCUT2D eigenvalue weighted by Crippen LogP contribution is -2.57. The van der Waals surface area contributed by atoms with Crippen molar-refractivity contribution in [3.63, 3.8) is 0 Å². The molecule has 1 aromatic carbocycles. The molecule has 0 aliphatic heterocycles. The summed E-state index contributed by atoms with van der Waals surface area (Å²) < 4.78 is 5.89. The van der Waals surface area contributed by atoms with Crippen molar-refractivity contribution in [2.24, 2.45) is 5.73 Å². The lowest BCUT2D eigenvalue weighted by molar-refractivity contribution is -0.124. The fraction of sp³-hybridized carbons (Fsp3) is 0.562. The van der Waals surface area contributed by atoms with Crippen molar-refractivity contribution in [1.29, 1.82) is 0 Å². The maximum Gasteiger partial charge on any atom is 0.240 e. The number of hydrogen-bond acceptors (Lipinski definition) is 3. The van der Waals surface area contributed by atoms with Crippen LogP contribution in [-0.4, -0.2) is 24.6 Å². The summed E-state index contributed by atoms with van der Waals surface area (Å²) in [7, 11) is 0. The monoisotopic (exact) mass is 278 g/mol. The standard InChI is InChI=1S/C16H26N2O2/c1-6-18-16(5,15(17)19)10-20-14-9-12(4)7-8-13(14)11(2)3/h7-9,11,18H,6,10H2,1-5H3,(H2,17,19). The molecule has 0 aliphatic rings. The number of benzene rings is 1. The van der Waals surface area contributed by atoms with Crippen LogP contribution in [0.1, 0.15) is 44.7 Å². The average molecular weight is 278 g/mol. The Bertz CT molecular complexity index is 472. The fourth-order valence-electron chi connectivity index (χ4n) is 2.07. The van der Waals surface area contributed by atoms with Crippen LogP contribution in [0.5, 0.6) is 5.75 Å². The molecule has 20 heavy (non-hydrogen) atoms. The molecule has 0 aromatic heterocycles. The zero-order chi connectivity index (χ0) is 15.3. The number of carbonyl (C=O) groups excluding carboxylic acids is 1. The van der Waals surface area contributed by atoms with Crippen LogP contribution >= 0.6 is 0 Å². The molecule has 4 heteroatoms. The molecule has 0 heterocycles. The Balaban J connectivity index is 2.93. The summed E-state index contributed by atoms with van der Waals surface area (Å²) in [5.74, 6) is 0.785. The van der Waals surface area contributed by atoms with E-state index < -0.39 is 11.4 Å². The van der Waals surface area contributed by atoms with E-state index in [2.05, 4.69) is 31.3 Å². The number of carbonyl (C=O) groups is 1. The Labute approximate surface area is 121 Å². The highest BCUT2D eigenvalue weighted by atomic mass is 16.5.